The van der Waals surface area contributed by atoms with Gasteiger partial charge < -0.3 is 9.64 Å². The average molecular weight is 408 g/mol. The van der Waals surface area contributed by atoms with Crippen molar-refractivity contribution < 1.29 is 17.9 Å². The number of ether oxygens (including phenoxy) is 1. The van der Waals surface area contributed by atoms with E-state index in [0.29, 0.717) is 29.3 Å². The molecule has 5 nitrogen and oxygen atoms in total. The van der Waals surface area contributed by atoms with E-state index in [9.17, 15) is 13.2 Å². The minimum atomic E-state index is -3.50. The van der Waals surface area contributed by atoms with Gasteiger partial charge in [0.2, 0.25) is 0 Å². The molecule has 0 radical (unpaired) electrons. The third kappa shape index (κ3) is 4.45. The SMILES string of the molecule is CC(C)Oc1ccc(C(=O)N2CCC(S(=O)(=O)c3ccc(Cl)cc3)C2)cc1. The maximum absolute atomic E-state index is 12.8. The van der Waals surface area contributed by atoms with Crippen LogP contribution in [0.4, 0.5) is 0 Å². The molecule has 0 N–H and O–H groups in total. The molecule has 7 heteroatoms. The summed E-state index contributed by atoms with van der Waals surface area (Å²) in [6.07, 6.45) is 0.481. The minimum absolute atomic E-state index is 0.0592. The van der Waals surface area contributed by atoms with Gasteiger partial charge in [0.1, 0.15) is 5.75 Å². The minimum Gasteiger partial charge on any atom is -0.491 e. The number of hydrogen-bond donors (Lipinski definition) is 0. The van der Waals surface area contributed by atoms with Crippen molar-refractivity contribution in [1.29, 1.82) is 0 Å². The molecule has 0 spiro atoms. The maximum atomic E-state index is 12.8. The number of halogens is 1. The Labute approximate surface area is 164 Å². The van der Waals surface area contributed by atoms with Gasteiger partial charge in [-0.15, -0.1) is 0 Å². The molecule has 1 unspecified atom stereocenters. The number of amides is 1. The quantitative estimate of drug-likeness (QED) is 0.755. The second-order valence-electron chi connectivity index (χ2n) is 6.85. The zero-order valence-corrected chi connectivity index (χ0v) is 16.8. The summed E-state index contributed by atoms with van der Waals surface area (Å²) in [6.45, 7) is 4.48. The molecule has 1 amide bonds. The molecule has 1 aliphatic heterocycles. The van der Waals surface area contributed by atoms with Crippen LogP contribution in [-0.4, -0.2) is 43.7 Å². The highest BCUT2D eigenvalue weighted by Crippen LogP contribution is 2.26. The molecule has 144 valence electrons. The Morgan fingerprint density at radius 3 is 2.33 bits per heavy atom. The summed E-state index contributed by atoms with van der Waals surface area (Å²) < 4.78 is 31.2. The van der Waals surface area contributed by atoms with E-state index < -0.39 is 15.1 Å². The van der Waals surface area contributed by atoms with Crippen molar-refractivity contribution >= 4 is 27.3 Å². The first kappa shape index (κ1) is 19.7. The third-order valence-corrected chi connectivity index (χ3v) is 6.93. The summed E-state index contributed by atoms with van der Waals surface area (Å²) in [4.78, 5) is 14.5. The van der Waals surface area contributed by atoms with Crippen molar-refractivity contribution in [2.45, 2.75) is 36.5 Å². The van der Waals surface area contributed by atoms with E-state index in [1.807, 2.05) is 13.8 Å². The first-order valence-corrected chi connectivity index (χ1v) is 10.8. The van der Waals surface area contributed by atoms with Crippen molar-refractivity contribution in [1.82, 2.24) is 4.90 Å². The smallest absolute Gasteiger partial charge is 0.253 e. The Morgan fingerprint density at radius 2 is 1.74 bits per heavy atom. The number of rotatable bonds is 5. The summed E-state index contributed by atoms with van der Waals surface area (Å²) >= 11 is 5.84. The van der Waals surface area contributed by atoms with E-state index in [2.05, 4.69) is 0 Å². The summed E-state index contributed by atoms with van der Waals surface area (Å²) in [5.41, 5.74) is 0.524. The lowest BCUT2D eigenvalue weighted by Gasteiger charge is -2.17. The van der Waals surface area contributed by atoms with Crippen LogP contribution in [0.15, 0.2) is 53.4 Å². The lowest BCUT2D eigenvalue weighted by molar-refractivity contribution is 0.0793. The van der Waals surface area contributed by atoms with Crippen LogP contribution in [0.5, 0.6) is 5.75 Å². The largest absolute Gasteiger partial charge is 0.491 e. The number of hydrogen-bond acceptors (Lipinski definition) is 4. The normalized spacial score (nSPS) is 17.3. The van der Waals surface area contributed by atoms with Crippen LogP contribution < -0.4 is 4.74 Å². The maximum Gasteiger partial charge on any atom is 0.253 e. The molecular weight excluding hydrogens is 386 g/mol. The predicted octanol–water partition coefficient (Wildman–Crippen LogP) is 3.82. The van der Waals surface area contributed by atoms with E-state index >= 15 is 0 Å². The van der Waals surface area contributed by atoms with E-state index in [-0.39, 0.29) is 23.5 Å². The first-order chi connectivity index (χ1) is 12.8. The van der Waals surface area contributed by atoms with E-state index in [1.165, 1.54) is 12.1 Å². The van der Waals surface area contributed by atoms with Crippen molar-refractivity contribution in [3.8, 4) is 5.75 Å². The van der Waals surface area contributed by atoms with Gasteiger partial charge in [-0.2, -0.15) is 0 Å². The van der Waals surface area contributed by atoms with Crippen LogP contribution in [0.3, 0.4) is 0 Å². The molecule has 2 aromatic rings. The molecule has 3 rings (SSSR count). The highest BCUT2D eigenvalue weighted by Gasteiger charge is 2.36. The highest BCUT2D eigenvalue weighted by atomic mass is 35.5. The molecule has 1 aliphatic rings. The van der Waals surface area contributed by atoms with Gasteiger partial charge >= 0.3 is 0 Å². The monoisotopic (exact) mass is 407 g/mol. The summed E-state index contributed by atoms with van der Waals surface area (Å²) in [5, 5.41) is -0.117. The van der Waals surface area contributed by atoms with E-state index in [1.54, 1.807) is 41.3 Å². The molecule has 1 atom stereocenters. The second-order valence-corrected chi connectivity index (χ2v) is 9.52. The van der Waals surface area contributed by atoms with Crippen LogP contribution >= 0.6 is 11.6 Å². The number of nitrogens with zero attached hydrogens (tertiary/aromatic N) is 1. The van der Waals surface area contributed by atoms with Gasteiger partial charge in [0.05, 0.1) is 16.2 Å². The number of carbonyl (C=O) groups excluding carboxylic acids is 1. The zero-order chi connectivity index (χ0) is 19.6. The molecule has 0 aromatic heterocycles. The predicted molar refractivity (Wildman–Crippen MR) is 105 cm³/mol. The van der Waals surface area contributed by atoms with Crippen molar-refractivity contribution in [2.24, 2.45) is 0 Å². The van der Waals surface area contributed by atoms with Crippen LogP contribution in [0.25, 0.3) is 0 Å². The fraction of sp³-hybridized carbons (Fsp3) is 0.350. The summed E-state index contributed by atoms with van der Waals surface area (Å²) in [7, 11) is -3.50. The van der Waals surface area contributed by atoms with Gasteiger partial charge in [0.25, 0.3) is 5.91 Å². The fourth-order valence-corrected chi connectivity index (χ4v) is 4.93. The molecule has 0 aliphatic carbocycles. The van der Waals surface area contributed by atoms with Gasteiger partial charge in [-0.1, -0.05) is 11.6 Å². The Hall–Kier alpha value is -2.05. The van der Waals surface area contributed by atoms with Gasteiger partial charge in [-0.25, -0.2) is 8.42 Å². The molecule has 1 saturated heterocycles. The van der Waals surface area contributed by atoms with Gasteiger partial charge in [-0.3, -0.25) is 4.79 Å². The highest BCUT2D eigenvalue weighted by molar-refractivity contribution is 7.92. The van der Waals surface area contributed by atoms with Crippen molar-refractivity contribution in [3.63, 3.8) is 0 Å². The van der Waals surface area contributed by atoms with Crippen LogP contribution in [0.1, 0.15) is 30.6 Å². The van der Waals surface area contributed by atoms with Crippen molar-refractivity contribution in [2.75, 3.05) is 13.1 Å². The third-order valence-electron chi connectivity index (χ3n) is 4.49. The molecule has 0 bridgehead atoms. The van der Waals surface area contributed by atoms with E-state index in [4.69, 9.17) is 16.3 Å². The summed E-state index contributed by atoms with van der Waals surface area (Å²) in [5.74, 6) is 0.533. The topological polar surface area (TPSA) is 63.7 Å². The average Bonchev–Trinajstić information content (AvgIpc) is 3.12. The standard InChI is InChI=1S/C20H22ClNO4S/c1-14(2)26-17-7-3-15(4-8-17)20(23)22-12-11-19(13-22)27(24,25)18-9-5-16(21)6-10-18/h3-10,14,19H,11-13H2,1-2H3. The molecule has 27 heavy (non-hydrogen) atoms. The molecule has 1 heterocycles. The summed E-state index contributed by atoms with van der Waals surface area (Å²) in [6, 6.07) is 13.1. The molecular formula is C20H22ClNO4S. The van der Waals surface area contributed by atoms with Gasteiger partial charge in [0, 0.05) is 23.7 Å². The molecule has 1 fully saturated rings. The Kier molecular flexibility index (Phi) is 5.77. The lowest BCUT2D eigenvalue weighted by atomic mass is 10.2. The number of benzene rings is 2. The Balaban J connectivity index is 1.70. The second kappa shape index (κ2) is 7.90. The lowest BCUT2D eigenvalue weighted by Crippen LogP contribution is -2.31. The molecule has 2 aromatic carbocycles. The van der Waals surface area contributed by atoms with Crippen molar-refractivity contribution in [3.05, 3.63) is 59.1 Å². The molecule has 0 saturated carbocycles. The van der Waals surface area contributed by atoms with Crippen LogP contribution in [0, 0.1) is 0 Å². The fourth-order valence-electron chi connectivity index (χ4n) is 3.11. The number of likely N-dealkylation sites (tertiary alicyclic amines) is 1. The van der Waals surface area contributed by atoms with Crippen LogP contribution in [0.2, 0.25) is 5.02 Å². The van der Waals surface area contributed by atoms with Gasteiger partial charge in [-0.05, 0) is 68.8 Å². The number of sulfone groups is 1. The Bertz CT molecular complexity index is 908. The number of carbonyl (C=O) groups is 1. The Morgan fingerprint density at radius 1 is 1.11 bits per heavy atom. The zero-order valence-electron chi connectivity index (χ0n) is 15.3. The van der Waals surface area contributed by atoms with E-state index in [0.717, 1.165) is 0 Å². The first-order valence-electron chi connectivity index (χ1n) is 8.83. The van der Waals surface area contributed by atoms with Gasteiger partial charge in [0.15, 0.2) is 9.84 Å². The van der Waals surface area contributed by atoms with Crippen LogP contribution in [-0.2, 0) is 9.84 Å².